The van der Waals surface area contributed by atoms with Crippen molar-refractivity contribution in [3.63, 3.8) is 0 Å². The number of hydrogen-bond donors (Lipinski definition) is 1. The number of benzene rings is 3. The molecule has 29 heavy (non-hydrogen) atoms. The third kappa shape index (κ3) is 3.83. The van der Waals surface area contributed by atoms with Gasteiger partial charge in [-0.2, -0.15) is 5.10 Å². The Balaban J connectivity index is 1.60. The summed E-state index contributed by atoms with van der Waals surface area (Å²) in [4.78, 5) is 13.0. The fourth-order valence-electron chi connectivity index (χ4n) is 4.05. The summed E-state index contributed by atoms with van der Waals surface area (Å²) in [5.41, 5.74) is 7.93. The fourth-order valence-corrected chi connectivity index (χ4v) is 4.24. The van der Waals surface area contributed by atoms with Crippen LogP contribution in [-0.4, -0.2) is 12.1 Å². The lowest BCUT2D eigenvalue weighted by Gasteiger charge is -2.19. The summed E-state index contributed by atoms with van der Waals surface area (Å²) in [6.07, 6.45) is 2.36. The zero-order chi connectivity index (χ0) is 20.4. The molecule has 1 aliphatic carbocycles. The first kappa shape index (κ1) is 19.4. The van der Waals surface area contributed by atoms with Crippen LogP contribution in [-0.2, 0) is 10.2 Å². The summed E-state index contributed by atoms with van der Waals surface area (Å²) in [5, 5.41) is 4.75. The average Bonchev–Trinajstić information content (AvgIpc) is 3.47. The van der Waals surface area contributed by atoms with E-state index in [-0.39, 0.29) is 17.2 Å². The third-order valence-corrected chi connectivity index (χ3v) is 5.97. The van der Waals surface area contributed by atoms with Crippen LogP contribution >= 0.6 is 11.6 Å². The van der Waals surface area contributed by atoms with Crippen LogP contribution in [0.2, 0.25) is 5.02 Å². The number of hydrogen-bond acceptors (Lipinski definition) is 2. The number of nitrogens with one attached hydrogen (secondary N) is 1. The van der Waals surface area contributed by atoms with Gasteiger partial charge in [0.25, 0.3) is 0 Å². The van der Waals surface area contributed by atoms with Crippen LogP contribution in [0.4, 0.5) is 0 Å². The molecule has 4 heteroatoms. The van der Waals surface area contributed by atoms with Gasteiger partial charge >= 0.3 is 0 Å². The van der Waals surface area contributed by atoms with Gasteiger partial charge in [0.1, 0.15) is 0 Å². The van der Waals surface area contributed by atoms with Gasteiger partial charge in [0.2, 0.25) is 5.91 Å². The van der Waals surface area contributed by atoms with E-state index >= 15 is 0 Å². The minimum atomic E-state index is -0.304. The summed E-state index contributed by atoms with van der Waals surface area (Å²) in [7, 11) is 0. The number of amides is 1. The number of nitrogens with zero attached hydrogens (tertiary/aromatic N) is 1. The molecule has 1 saturated carbocycles. The van der Waals surface area contributed by atoms with E-state index in [1.54, 1.807) is 12.3 Å². The van der Waals surface area contributed by atoms with Crippen molar-refractivity contribution < 1.29 is 4.79 Å². The second-order valence-corrected chi connectivity index (χ2v) is 8.13. The van der Waals surface area contributed by atoms with E-state index in [1.165, 1.54) is 22.3 Å². The van der Waals surface area contributed by atoms with Crippen molar-refractivity contribution in [2.75, 3.05) is 0 Å². The summed E-state index contributed by atoms with van der Waals surface area (Å²) < 4.78 is 0. The molecular weight excluding hydrogens is 380 g/mol. The van der Waals surface area contributed by atoms with Crippen LogP contribution < -0.4 is 5.43 Å². The molecule has 4 rings (SSSR count). The van der Waals surface area contributed by atoms with E-state index in [9.17, 15) is 4.79 Å². The Hall–Kier alpha value is -2.91. The number of hydrazone groups is 1. The Labute approximate surface area is 176 Å². The van der Waals surface area contributed by atoms with E-state index in [1.807, 2.05) is 18.2 Å². The highest BCUT2D eigenvalue weighted by atomic mass is 35.5. The van der Waals surface area contributed by atoms with E-state index in [0.29, 0.717) is 5.02 Å². The van der Waals surface area contributed by atoms with Crippen molar-refractivity contribution in [3.05, 3.63) is 106 Å². The van der Waals surface area contributed by atoms with Crippen molar-refractivity contribution in [1.82, 2.24) is 5.43 Å². The van der Waals surface area contributed by atoms with Gasteiger partial charge in [-0.15, -0.1) is 0 Å². The molecule has 0 spiro atoms. The first-order chi connectivity index (χ1) is 14.0. The maximum Gasteiger partial charge on any atom is 0.244 e. The van der Waals surface area contributed by atoms with Gasteiger partial charge < -0.3 is 0 Å². The normalized spacial score (nSPS) is 17.3. The van der Waals surface area contributed by atoms with E-state index in [2.05, 4.69) is 72.9 Å². The molecule has 146 valence electrons. The summed E-state index contributed by atoms with van der Waals surface area (Å²) in [5.74, 6) is -0.231. The largest absolute Gasteiger partial charge is 0.273 e. The van der Waals surface area contributed by atoms with Gasteiger partial charge in [-0.25, -0.2) is 5.43 Å². The second kappa shape index (κ2) is 7.84. The SMILES string of the molecule is Cc1cccc(C2(c3cccc(C)c3)C[C@H]2C(=O)N/N=C\c2ccccc2Cl)c1. The van der Waals surface area contributed by atoms with Gasteiger partial charge in [-0.3, -0.25) is 4.79 Å². The minimum absolute atomic E-state index is 0.0729. The van der Waals surface area contributed by atoms with E-state index < -0.39 is 0 Å². The molecule has 0 unspecified atom stereocenters. The lowest BCUT2D eigenvalue weighted by molar-refractivity contribution is -0.122. The van der Waals surface area contributed by atoms with Gasteiger partial charge in [0.15, 0.2) is 0 Å². The zero-order valence-corrected chi connectivity index (χ0v) is 17.3. The molecule has 0 heterocycles. The molecule has 3 nitrogen and oxygen atoms in total. The fraction of sp³-hybridized carbons (Fsp3) is 0.200. The minimum Gasteiger partial charge on any atom is -0.273 e. The van der Waals surface area contributed by atoms with Gasteiger partial charge in [-0.05, 0) is 37.5 Å². The van der Waals surface area contributed by atoms with Crippen molar-refractivity contribution in [2.45, 2.75) is 25.7 Å². The molecule has 3 aromatic carbocycles. The van der Waals surface area contributed by atoms with Gasteiger partial charge in [0, 0.05) is 16.0 Å². The number of carbonyl (C=O) groups excluding carboxylic acids is 1. The van der Waals surface area contributed by atoms with E-state index in [4.69, 9.17) is 11.6 Å². The first-order valence-corrected chi connectivity index (χ1v) is 10.1. The second-order valence-electron chi connectivity index (χ2n) is 7.72. The average molecular weight is 403 g/mol. The summed E-state index contributed by atoms with van der Waals surface area (Å²) >= 11 is 6.15. The Kier molecular flexibility index (Phi) is 5.25. The van der Waals surface area contributed by atoms with Crippen molar-refractivity contribution >= 4 is 23.7 Å². The first-order valence-electron chi connectivity index (χ1n) is 9.72. The highest BCUT2D eigenvalue weighted by Gasteiger charge is 2.60. The highest BCUT2D eigenvalue weighted by Crippen LogP contribution is 2.59. The molecule has 1 fully saturated rings. The standard InChI is InChI=1S/C25H23ClN2O/c1-17-7-5-10-20(13-17)25(21-11-6-8-18(2)14-21)15-22(25)24(29)28-27-16-19-9-3-4-12-23(19)26/h3-14,16,22H,15H2,1-2H3,(H,28,29)/b27-16-/t22-/m0/s1. The highest BCUT2D eigenvalue weighted by molar-refractivity contribution is 6.33. The lowest BCUT2D eigenvalue weighted by Crippen LogP contribution is -2.25. The van der Waals surface area contributed by atoms with Crippen LogP contribution in [0.1, 0.15) is 34.2 Å². The summed E-state index contributed by atoms with van der Waals surface area (Å²) in [6, 6.07) is 24.3. The molecule has 1 aliphatic rings. The Morgan fingerprint density at radius 2 is 1.62 bits per heavy atom. The molecule has 0 radical (unpaired) electrons. The van der Waals surface area contributed by atoms with E-state index in [0.717, 1.165) is 12.0 Å². The maximum absolute atomic E-state index is 13.0. The number of carbonyl (C=O) groups is 1. The smallest absolute Gasteiger partial charge is 0.244 e. The predicted molar refractivity (Wildman–Crippen MR) is 118 cm³/mol. The van der Waals surface area contributed by atoms with Crippen LogP contribution in [0.15, 0.2) is 77.9 Å². The van der Waals surface area contributed by atoms with Crippen molar-refractivity contribution in [2.24, 2.45) is 11.0 Å². The molecule has 1 atom stereocenters. The van der Waals surface area contributed by atoms with Crippen LogP contribution in [0, 0.1) is 19.8 Å². The molecule has 0 aromatic heterocycles. The summed E-state index contributed by atoms with van der Waals surface area (Å²) in [6.45, 7) is 4.16. The third-order valence-electron chi connectivity index (χ3n) is 5.63. The van der Waals surface area contributed by atoms with Gasteiger partial charge in [-0.1, -0.05) is 89.5 Å². The Morgan fingerprint density at radius 1 is 1.00 bits per heavy atom. The monoisotopic (exact) mass is 402 g/mol. The number of aryl methyl sites for hydroxylation is 2. The zero-order valence-electron chi connectivity index (χ0n) is 16.5. The van der Waals surface area contributed by atoms with Crippen molar-refractivity contribution in [3.8, 4) is 0 Å². The van der Waals surface area contributed by atoms with Crippen LogP contribution in [0.3, 0.4) is 0 Å². The quantitative estimate of drug-likeness (QED) is 0.449. The van der Waals surface area contributed by atoms with Crippen LogP contribution in [0.5, 0.6) is 0 Å². The lowest BCUT2D eigenvalue weighted by atomic mass is 9.84. The molecule has 0 bridgehead atoms. The maximum atomic E-state index is 13.0. The van der Waals surface area contributed by atoms with Crippen molar-refractivity contribution in [1.29, 1.82) is 0 Å². The molecule has 3 aromatic rings. The molecular formula is C25H23ClN2O. The molecule has 0 aliphatic heterocycles. The Bertz CT molecular complexity index is 1040. The molecule has 0 saturated heterocycles. The number of rotatable bonds is 5. The Morgan fingerprint density at radius 3 is 2.21 bits per heavy atom. The molecule has 1 N–H and O–H groups in total. The van der Waals surface area contributed by atoms with Gasteiger partial charge in [0.05, 0.1) is 12.1 Å². The predicted octanol–water partition coefficient (Wildman–Crippen LogP) is 5.41. The topological polar surface area (TPSA) is 41.5 Å². The molecule has 1 amide bonds. The number of halogens is 1. The van der Waals surface area contributed by atoms with Crippen LogP contribution in [0.25, 0.3) is 0 Å².